The molecule has 0 atom stereocenters. The minimum Gasteiger partial charge on any atom is -0.383 e. The molecule has 7 heteroatoms. The Morgan fingerprint density at radius 1 is 1.47 bits per heavy atom. The van der Waals surface area contributed by atoms with E-state index in [-0.39, 0.29) is 0 Å². The monoisotopic (exact) mass is 428 g/mol. The molecule has 17 heavy (non-hydrogen) atoms. The van der Waals surface area contributed by atoms with Crippen LogP contribution in [0.5, 0.6) is 0 Å². The summed E-state index contributed by atoms with van der Waals surface area (Å²) in [6.07, 6.45) is 3.32. The van der Waals surface area contributed by atoms with Crippen molar-refractivity contribution in [3.05, 3.63) is 29.2 Å². The molecule has 1 rings (SSSR count). The molecule has 4 nitrogen and oxygen atoms in total. The van der Waals surface area contributed by atoms with Gasteiger partial charge in [0, 0.05) is 60.7 Å². The van der Waals surface area contributed by atoms with Crippen LogP contribution >= 0.6 is 46.3 Å². The van der Waals surface area contributed by atoms with Crippen LogP contribution in [0.25, 0.3) is 4.48 Å². The highest BCUT2D eigenvalue weighted by molar-refractivity contribution is 14.2. The quantitative estimate of drug-likeness (QED) is 0.533. The van der Waals surface area contributed by atoms with Gasteiger partial charge in [-0.1, -0.05) is 0 Å². The normalized spacial score (nSPS) is 11.4. The fraction of sp³-hybridized carbons (Fsp3) is 0.200. The van der Waals surface area contributed by atoms with Gasteiger partial charge in [-0.3, -0.25) is 13.6 Å². The third-order valence-corrected chi connectivity index (χ3v) is 4.31. The summed E-state index contributed by atoms with van der Waals surface area (Å²) in [5, 5.41) is 0. The first-order chi connectivity index (χ1) is 8.04. The molecule has 0 radical (unpaired) electrons. The van der Waals surface area contributed by atoms with E-state index in [0.29, 0.717) is 17.0 Å². The highest BCUT2D eigenvalue weighted by Crippen LogP contribution is 2.31. The van der Waals surface area contributed by atoms with Crippen LogP contribution in [0.2, 0.25) is 0 Å². The van der Waals surface area contributed by atoms with Gasteiger partial charge in [0.1, 0.15) is 5.69 Å². The second-order valence-corrected chi connectivity index (χ2v) is 5.95. The van der Waals surface area contributed by atoms with Crippen LogP contribution in [-0.2, 0) is 0 Å². The van der Waals surface area contributed by atoms with Crippen molar-refractivity contribution < 1.29 is 9.59 Å². The Labute approximate surface area is 124 Å². The molecule has 0 saturated carbocycles. The molecule has 0 aliphatic carbocycles. The maximum absolute atomic E-state index is 11.1. The summed E-state index contributed by atoms with van der Waals surface area (Å²) >= 11 is 5.43. The number of aldehydes is 2. The standard InChI is InChI=1S/C10H10BrIN2O2S/c1-13(2)4-9(11)8-3-7(5-15)14(17-12)10(8)6-16/h3-6H,1-2H3/b9-4+. The molecule has 0 bridgehead atoms. The predicted octanol–water partition coefficient (Wildman–Crippen LogP) is 3.21. The Kier molecular flexibility index (Phi) is 5.74. The topological polar surface area (TPSA) is 42.3 Å². The first kappa shape index (κ1) is 14.8. The number of hydrogen-bond acceptors (Lipinski definition) is 4. The third kappa shape index (κ3) is 3.35. The van der Waals surface area contributed by atoms with Gasteiger partial charge in [0.25, 0.3) is 0 Å². The molecule has 0 saturated heterocycles. The molecule has 1 aromatic rings. The SMILES string of the molecule is CN(C)/C=C(/Br)c1cc(C=O)n(SI)c1C=O. The number of carbonyl (C=O) groups excluding carboxylic acids is 2. The third-order valence-electron chi connectivity index (χ3n) is 1.95. The van der Waals surface area contributed by atoms with Gasteiger partial charge < -0.3 is 4.90 Å². The molecular formula is C10H10BrIN2O2S. The molecule has 92 valence electrons. The number of hydrogen-bond donors (Lipinski definition) is 0. The Hall–Kier alpha value is -0.280. The van der Waals surface area contributed by atoms with Crippen molar-refractivity contribution in [2.45, 2.75) is 0 Å². The van der Waals surface area contributed by atoms with Crippen LogP contribution in [0.15, 0.2) is 12.3 Å². The van der Waals surface area contributed by atoms with Gasteiger partial charge in [0.15, 0.2) is 12.6 Å². The van der Waals surface area contributed by atoms with Crippen LogP contribution in [0, 0.1) is 0 Å². The number of rotatable bonds is 5. The molecule has 0 unspecified atom stereocenters. The summed E-state index contributed by atoms with van der Waals surface area (Å²) in [6.45, 7) is 0. The van der Waals surface area contributed by atoms with Gasteiger partial charge in [-0.2, -0.15) is 0 Å². The van der Waals surface area contributed by atoms with Crippen LogP contribution in [0.3, 0.4) is 0 Å². The molecule has 1 aromatic heterocycles. The van der Waals surface area contributed by atoms with Crippen molar-refractivity contribution >= 4 is 63.3 Å². The summed E-state index contributed by atoms with van der Waals surface area (Å²) < 4.78 is 2.36. The maximum Gasteiger partial charge on any atom is 0.168 e. The van der Waals surface area contributed by atoms with Crippen molar-refractivity contribution in [2.75, 3.05) is 14.1 Å². The zero-order valence-electron chi connectivity index (χ0n) is 9.18. The molecule has 0 aliphatic rings. The average molecular weight is 429 g/mol. The zero-order valence-corrected chi connectivity index (χ0v) is 13.7. The van der Waals surface area contributed by atoms with Crippen LogP contribution < -0.4 is 0 Å². The van der Waals surface area contributed by atoms with Crippen molar-refractivity contribution in [1.82, 2.24) is 8.87 Å². The van der Waals surface area contributed by atoms with Crippen molar-refractivity contribution in [3.63, 3.8) is 0 Å². The molecule has 0 aliphatic heterocycles. The van der Waals surface area contributed by atoms with Gasteiger partial charge in [-0.05, 0) is 22.0 Å². The zero-order chi connectivity index (χ0) is 13.0. The minimum atomic E-state index is 0.464. The molecule has 0 spiro atoms. The van der Waals surface area contributed by atoms with E-state index in [2.05, 4.69) is 15.9 Å². The van der Waals surface area contributed by atoms with E-state index >= 15 is 0 Å². The first-order valence-corrected chi connectivity index (χ1v) is 8.65. The fourth-order valence-corrected chi connectivity index (χ4v) is 3.72. The van der Waals surface area contributed by atoms with Crippen LogP contribution in [-0.4, -0.2) is 35.5 Å². The average Bonchev–Trinajstić information content (AvgIpc) is 2.65. The van der Waals surface area contributed by atoms with E-state index in [0.717, 1.165) is 17.1 Å². The summed E-state index contributed by atoms with van der Waals surface area (Å²) in [4.78, 5) is 23.9. The lowest BCUT2D eigenvalue weighted by atomic mass is 10.2. The Bertz CT molecular complexity index is 471. The second-order valence-electron chi connectivity index (χ2n) is 3.41. The van der Waals surface area contributed by atoms with Gasteiger partial charge in [-0.25, -0.2) is 0 Å². The summed E-state index contributed by atoms with van der Waals surface area (Å²) in [5.41, 5.74) is 1.64. The second kappa shape index (κ2) is 6.60. The Morgan fingerprint density at radius 3 is 2.53 bits per heavy atom. The molecule has 0 aromatic carbocycles. The summed E-state index contributed by atoms with van der Waals surface area (Å²) in [5.74, 6) is 0. The minimum absolute atomic E-state index is 0.464. The first-order valence-electron chi connectivity index (χ1n) is 4.54. The molecule has 0 N–H and O–H groups in total. The molecular weight excluding hydrogens is 419 g/mol. The van der Waals surface area contributed by atoms with E-state index in [1.165, 1.54) is 9.12 Å². The lowest BCUT2D eigenvalue weighted by molar-refractivity contribution is 0.111. The highest BCUT2D eigenvalue weighted by atomic mass is 127. The van der Waals surface area contributed by atoms with E-state index in [1.807, 2.05) is 46.4 Å². The maximum atomic E-state index is 11.1. The van der Waals surface area contributed by atoms with Crippen LogP contribution in [0.4, 0.5) is 0 Å². The van der Waals surface area contributed by atoms with Gasteiger partial charge in [0.2, 0.25) is 0 Å². The van der Waals surface area contributed by atoms with Gasteiger partial charge in [-0.15, -0.1) is 0 Å². The van der Waals surface area contributed by atoms with E-state index in [1.54, 1.807) is 10.0 Å². The Balaban J connectivity index is 3.38. The lowest BCUT2D eigenvalue weighted by Gasteiger charge is -2.06. The summed E-state index contributed by atoms with van der Waals surface area (Å²) in [6, 6.07) is 1.69. The molecule has 0 fully saturated rings. The van der Waals surface area contributed by atoms with E-state index in [9.17, 15) is 9.59 Å². The summed E-state index contributed by atoms with van der Waals surface area (Å²) in [7, 11) is 5.05. The number of halogens is 2. The number of aromatic nitrogens is 1. The number of nitrogens with zero attached hydrogens (tertiary/aromatic N) is 2. The number of carbonyl (C=O) groups is 2. The predicted molar refractivity (Wildman–Crippen MR) is 82.8 cm³/mol. The van der Waals surface area contributed by atoms with Crippen molar-refractivity contribution in [2.24, 2.45) is 0 Å². The van der Waals surface area contributed by atoms with Crippen molar-refractivity contribution in [1.29, 1.82) is 0 Å². The van der Waals surface area contributed by atoms with Crippen LogP contribution in [0.1, 0.15) is 26.5 Å². The fourth-order valence-electron chi connectivity index (χ4n) is 1.29. The molecule has 1 heterocycles. The molecule has 0 amide bonds. The highest BCUT2D eigenvalue weighted by Gasteiger charge is 2.16. The largest absolute Gasteiger partial charge is 0.383 e. The van der Waals surface area contributed by atoms with Crippen molar-refractivity contribution in [3.8, 4) is 0 Å². The van der Waals surface area contributed by atoms with Gasteiger partial charge >= 0.3 is 0 Å². The lowest BCUT2D eigenvalue weighted by Crippen LogP contribution is -2.02. The Morgan fingerprint density at radius 2 is 2.12 bits per heavy atom. The van der Waals surface area contributed by atoms with E-state index < -0.39 is 0 Å². The smallest absolute Gasteiger partial charge is 0.168 e. The van der Waals surface area contributed by atoms with Gasteiger partial charge in [0.05, 0.1) is 5.69 Å². The van der Waals surface area contributed by atoms with E-state index in [4.69, 9.17) is 0 Å².